The molecule has 0 saturated heterocycles. The third-order valence-corrected chi connectivity index (χ3v) is 11.2. The summed E-state index contributed by atoms with van der Waals surface area (Å²) in [6.45, 7) is 0. The minimum atomic E-state index is -8.39. The van der Waals surface area contributed by atoms with E-state index in [1.165, 1.54) is 0 Å². The molecule has 24 heavy (non-hydrogen) atoms. The highest BCUT2D eigenvalue weighted by atomic mass is 28.5. The molecule has 19 heteroatoms. The Morgan fingerprint density at radius 1 is 0.750 bits per heavy atom. The topological polar surface area (TPSA) is 79.2 Å². The van der Waals surface area contributed by atoms with E-state index in [1.54, 1.807) is 0 Å². The SMILES string of the molecule is CO[Si](O)(C(F)(F)F)C(F)(F)[Si](O)(O[SiH](O)C(F)(F)F)C(F)(F)F. The van der Waals surface area contributed by atoms with Crippen LogP contribution in [-0.2, 0) is 8.54 Å². The van der Waals surface area contributed by atoms with Crippen LogP contribution in [0.5, 0.6) is 0 Å². The van der Waals surface area contributed by atoms with Crippen molar-refractivity contribution in [3.63, 3.8) is 0 Å². The summed E-state index contributed by atoms with van der Waals surface area (Å²) in [7, 11) is -22.8. The summed E-state index contributed by atoms with van der Waals surface area (Å²) in [6, 6.07) is 0. The van der Waals surface area contributed by atoms with E-state index in [4.69, 9.17) is 14.4 Å². The first-order valence-corrected chi connectivity index (χ1v) is 10.4. The van der Waals surface area contributed by atoms with Crippen molar-refractivity contribution >= 4 is 26.4 Å². The van der Waals surface area contributed by atoms with Crippen LogP contribution in [-0.4, -0.2) is 70.5 Å². The molecule has 3 N–H and O–H groups in total. The van der Waals surface area contributed by atoms with Crippen LogP contribution >= 0.6 is 0 Å². The Bertz CT molecular complexity index is 451. The molecule has 0 aliphatic carbocycles. The molecule has 146 valence electrons. The molecule has 0 heterocycles. The lowest BCUT2D eigenvalue weighted by molar-refractivity contribution is -0.139. The number of alkyl halides is 11. The molecular formula is C5H7F11O5Si3. The zero-order valence-corrected chi connectivity index (χ0v) is 14.0. The van der Waals surface area contributed by atoms with Crippen LogP contribution in [0.25, 0.3) is 0 Å². The van der Waals surface area contributed by atoms with E-state index < -0.39 is 49.0 Å². The standard InChI is InChI=1S/C5H7F11O5Si3/c1-20-23(18,3(9,10)11)5(15,16)24(19,4(12,13)14)21-22(17)2(6,7)8/h17-19,22H,1H3. The minimum absolute atomic E-state index is 0.281. The van der Waals surface area contributed by atoms with E-state index in [-0.39, 0.29) is 7.11 Å². The molecule has 3 atom stereocenters. The fourth-order valence-electron chi connectivity index (χ4n) is 1.20. The Balaban J connectivity index is 6.37. The maximum atomic E-state index is 13.7. The van der Waals surface area contributed by atoms with Gasteiger partial charge < -0.3 is 22.9 Å². The Hall–Kier alpha value is -0.319. The number of hydrogen-bond donors (Lipinski definition) is 3. The summed E-state index contributed by atoms with van der Waals surface area (Å²) in [4.78, 5) is 26.3. The first-order chi connectivity index (χ1) is 10.2. The quantitative estimate of drug-likeness (QED) is 0.435. The molecule has 0 rings (SSSR count). The second-order valence-corrected chi connectivity index (χ2v) is 12.3. The van der Waals surface area contributed by atoms with Crippen molar-refractivity contribution in [3.05, 3.63) is 0 Å². The molecule has 0 bridgehead atoms. The molecule has 0 radical (unpaired) electrons. The normalized spacial score (nSPS) is 21.1. The lowest BCUT2D eigenvalue weighted by atomic mass is 11.5. The van der Waals surface area contributed by atoms with Crippen LogP contribution in [0.3, 0.4) is 0 Å². The molecule has 5 nitrogen and oxygen atoms in total. The van der Waals surface area contributed by atoms with Crippen molar-refractivity contribution < 1.29 is 71.2 Å². The third kappa shape index (κ3) is 3.76. The van der Waals surface area contributed by atoms with Gasteiger partial charge in [0.1, 0.15) is 0 Å². The van der Waals surface area contributed by atoms with E-state index >= 15 is 0 Å². The van der Waals surface area contributed by atoms with Gasteiger partial charge in [-0.3, -0.25) is 0 Å². The Morgan fingerprint density at radius 2 is 1.08 bits per heavy atom. The molecule has 0 aliphatic heterocycles. The van der Waals surface area contributed by atoms with Crippen LogP contribution in [0.1, 0.15) is 0 Å². The highest BCUT2D eigenvalue weighted by Gasteiger charge is 2.91. The molecule has 3 unspecified atom stereocenters. The van der Waals surface area contributed by atoms with Gasteiger partial charge in [-0.25, -0.2) is 8.78 Å². The fourth-order valence-corrected chi connectivity index (χ4v) is 8.88. The van der Waals surface area contributed by atoms with Crippen LogP contribution < -0.4 is 0 Å². The fraction of sp³-hybridized carbons (Fsp3) is 1.00. The van der Waals surface area contributed by atoms with Gasteiger partial charge >= 0.3 is 49.0 Å². The summed E-state index contributed by atoms with van der Waals surface area (Å²) >= 11 is 0. The first kappa shape index (κ1) is 23.7. The average Bonchev–Trinajstić information content (AvgIpc) is 2.32. The van der Waals surface area contributed by atoms with Crippen LogP contribution in [0.2, 0.25) is 0 Å². The van der Waals surface area contributed by atoms with Crippen molar-refractivity contribution in [2.24, 2.45) is 0 Å². The van der Waals surface area contributed by atoms with Crippen LogP contribution in [0.4, 0.5) is 48.3 Å². The van der Waals surface area contributed by atoms with Crippen molar-refractivity contribution in [3.8, 4) is 0 Å². The molecule has 0 amide bonds. The zero-order chi connectivity index (χ0) is 20.0. The zero-order valence-electron chi connectivity index (χ0n) is 10.9. The van der Waals surface area contributed by atoms with E-state index in [1.807, 2.05) is 0 Å². The Morgan fingerprint density at radius 3 is 1.29 bits per heavy atom. The molecule has 0 aromatic carbocycles. The van der Waals surface area contributed by atoms with E-state index in [0.717, 1.165) is 0 Å². The molecule has 0 aromatic rings. The van der Waals surface area contributed by atoms with Gasteiger partial charge in [-0.05, 0) is 0 Å². The summed E-state index contributed by atoms with van der Waals surface area (Å²) in [5.74, 6) is -19.4. The highest BCUT2D eigenvalue weighted by molar-refractivity contribution is 6.92. The molecule has 0 fully saturated rings. The number of halogens is 11. The van der Waals surface area contributed by atoms with Gasteiger partial charge in [-0.2, -0.15) is 39.5 Å². The van der Waals surface area contributed by atoms with Gasteiger partial charge in [-0.15, -0.1) is 0 Å². The summed E-state index contributed by atoms with van der Waals surface area (Å²) in [5.41, 5.74) is 0. The predicted molar refractivity (Wildman–Crippen MR) is 56.5 cm³/mol. The number of rotatable bonds is 5. The Labute approximate surface area is 128 Å². The maximum Gasteiger partial charge on any atom is 0.529 e. The van der Waals surface area contributed by atoms with Crippen molar-refractivity contribution in [2.75, 3.05) is 7.11 Å². The van der Waals surface area contributed by atoms with Crippen LogP contribution in [0.15, 0.2) is 0 Å². The second kappa shape index (κ2) is 6.44. The van der Waals surface area contributed by atoms with Crippen molar-refractivity contribution in [1.29, 1.82) is 0 Å². The summed E-state index contributed by atoms with van der Waals surface area (Å²) in [5, 5.41) is -6.70. The number of hydrogen-bond acceptors (Lipinski definition) is 5. The van der Waals surface area contributed by atoms with Crippen LogP contribution in [0, 0.1) is 0 Å². The Kier molecular flexibility index (Phi) is 6.36. The van der Waals surface area contributed by atoms with Gasteiger partial charge in [0.05, 0.1) is 0 Å². The lowest BCUT2D eigenvalue weighted by Crippen LogP contribution is -2.82. The van der Waals surface area contributed by atoms with Gasteiger partial charge in [0.15, 0.2) is 0 Å². The molecular weight excluding hydrogens is 433 g/mol. The maximum absolute atomic E-state index is 13.7. The van der Waals surface area contributed by atoms with Crippen molar-refractivity contribution in [1.82, 2.24) is 0 Å². The molecule has 0 aromatic heterocycles. The molecule has 0 aliphatic rings. The second-order valence-electron chi connectivity index (χ2n) is 4.07. The smallest absolute Gasteiger partial charge is 0.408 e. The van der Waals surface area contributed by atoms with Crippen molar-refractivity contribution in [2.45, 2.75) is 22.6 Å². The van der Waals surface area contributed by atoms with Gasteiger partial charge in [0.25, 0.3) is 0 Å². The van der Waals surface area contributed by atoms with E-state index in [0.29, 0.717) is 0 Å². The molecule has 0 saturated carbocycles. The predicted octanol–water partition coefficient (Wildman–Crippen LogP) is 0.749. The minimum Gasteiger partial charge on any atom is -0.408 e. The molecule has 0 spiro atoms. The average molecular weight is 440 g/mol. The lowest BCUT2D eigenvalue weighted by Gasteiger charge is -2.40. The van der Waals surface area contributed by atoms with Gasteiger partial charge in [0.2, 0.25) is 0 Å². The van der Waals surface area contributed by atoms with E-state index in [9.17, 15) is 48.3 Å². The first-order valence-electron chi connectivity index (χ1n) is 5.13. The monoisotopic (exact) mass is 440 g/mol. The third-order valence-electron chi connectivity index (χ3n) is 2.48. The summed E-state index contributed by atoms with van der Waals surface area (Å²) < 4.78 is 145. The highest BCUT2D eigenvalue weighted by Crippen LogP contribution is 2.48. The largest absolute Gasteiger partial charge is 0.529 e. The van der Waals surface area contributed by atoms with Gasteiger partial charge in [-0.1, -0.05) is 0 Å². The van der Waals surface area contributed by atoms with E-state index in [2.05, 4.69) is 8.54 Å². The van der Waals surface area contributed by atoms with Gasteiger partial charge in [0, 0.05) is 7.11 Å². The summed E-state index contributed by atoms with van der Waals surface area (Å²) in [6.07, 6.45) is 0.